The molecule has 90 valence electrons. The summed E-state index contributed by atoms with van der Waals surface area (Å²) in [4.78, 5) is 11.5. The van der Waals surface area contributed by atoms with E-state index in [2.05, 4.69) is 0 Å². The first-order chi connectivity index (χ1) is 8.70. The Bertz CT molecular complexity index is 529. The molecule has 0 unspecified atom stereocenters. The van der Waals surface area contributed by atoms with Gasteiger partial charge < -0.3 is 5.73 Å². The minimum Gasteiger partial charge on any atom is -0.366 e. The first kappa shape index (κ1) is 12.1. The number of rotatable bonds is 3. The van der Waals surface area contributed by atoms with Gasteiger partial charge in [-0.15, -0.1) is 0 Å². The van der Waals surface area contributed by atoms with Crippen LogP contribution in [-0.4, -0.2) is 5.91 Å². The maximum absolute atomic E-state index is 11.5. The van der Waals surface area contributed by atoms with E-state index in [1.807, 2.05) is 60.7 Å². The van der Waals surface area contributed by atoms with Gasteiger partial charge in [0, 0.05) is 5.57 Å². The van der Waals surface area contributed by atoms with E-state index in [1.165, 1.54) is 0 Å². The Balaban J connectivity index is 2.64. The predicted molar refractivity (Wildman–Crippen MR) is 73.8 cm³/mol. The Kier molecular flexibility index (Phi) is 3.58. The molecule has 0 spiro atoms. The van der Waals surface area contributed by atoms with Crippen molar-refractivity contribution in [2.45, 2.75) is 6.92 Å². The maximum Gasteiger partial charge on any atom is 0.244 e. The molecule has 0 saturated heterocycles. The first-order valence-corrected chi connectivity index (χ1v) is 5.81. The van der Waals surface area contributed by atoms with E-state index in [1.54, 1.807) is 6.92 Å². The summed E-state index contributed by atoms with van der Waals surface area (Å²) >= 11 is 0. The van der Waals surface area contributed by atoms with E-state index in [4.69, 9.17) is 5.73 Å². The van der Waals surface area contributed by atoms with Crippen molar-refractivity contribution in [1.29, 1.82) is 0 Å². The summed E-state index contributed by atoms with van der Waals surface area (Å²) in [5.41, 5.74) is 8.88. The lowest BCUT2D eigenvalue weighted by molar-refractivity contribution is -0.114. The fourth-order valence-electron chi connectivity index (χ4n) is 1.93. The Morgan fingerprint density at radius 3 is 1.56 bits per heavy atom. The standard InChI is InChI=1S/C16H15NO/c1-12(16(17)18)15(13-8-4-2-5-9-13)14-10-6-3-7-11-14/h2-11H,1H3,(H2,17,18). The van der Waals surface area contributed by atoms with Crippen LogP contribution in [-0.2, 0) is 4.79 Å². The Hall–Kier alpha value is -2.35. The van der Waals surface area contributed by atoms with Gasteiger partial charge in [0.25, 0.3) is 0 Å². The Morgan fingerprint density at radius 1 is 0.833 bits per heavy atom. The number of nitrogens with two attached hydrogens (primary N) is 1. The molecule has 2 aromatic rings. The van der Waals surface area contributed by atoms with E-state index in [9.17, 15) is 4.79 Å². The molecular weight excluding hydrogens is 222 g/mol. The molecule has 0 aromatic heterocycles. The average molecular weight is 237 g/mol. The van der Waals surface area contributed by atoms with Crippen molar-refractivity contribution in [3.05, 3.63) is 77.4 Å². The van der Waals surface area contributed by atoms with E-state index in [-0.39, 0.29) is 0 Å². The average Bonchev–Trinajstić information content (AvgIpc) is 2.41. The van der Waals surface area contributed by atoms with Crippen LogP contribution in [0.4, 0.5) is 0 Å². The SMILES string of the molecule is CC(C(N)=O)=C(c1ccccc1)c1ccccc1. The van der Waals surface area contributed by atoms with Crippen molar-refractivity contribution in [3.8, 4) is 0 Å². The van der Waals surface area contributed by atoms with E-state index < -0.39 is 5.91 Å². The summed E-state index contributed by atoms with van der Waals surface area (Å²) in [6, 6.07) is 19.6. The van der Waals surface area contributed by atoms with Crippen LogP contribution >= 0.6 is 0 Å². The third kappa shape index (κ3) is 2.48. The van der Waals surface area contributed by atoms with Gasteiger partial charge in [-0.1, -0.05) is 60.7 Å². The molecule has 0 fully saturated rings. The molecule has 0 saturated carbocycles. The monoisotopic (exact) mass is 237 g/mol. The number of hydrogen-bond donors (Lipinski definition) is 1. The third-order valence-corrected chi connectivity index (χ3v) is 2.87. The summed E-state index contributed by atoms with van der Waals surface area (Å²) in [6.45, 7) is 1.76. The second-order valence-electron chi connectivity index (χ2n) is 4.10. The third-order valence-electron chi connectivity index (χ3n) is 2.87. The van der Waals surface area contributed by atoms with Crippen LogP contribution in [0.2, 0.25) is 0 Å². The molecule has 2 rings (SSSR count). The number of hydrogen-bond acceptors (Lipinski definition) is 1. The lowest BCUT2D eigenvalue weighted by Crippen LogP contribution is -2.13. The molecule has 2 N–H and O–H groups in total. The van der Waals surface area contributed by atoms with Crippen LogP contribution in [0.3, 0.4) is 0 Å². The van der Waals surface area contributed by atoms with Gasteiger partial charge in [0.1, 0.15) is 0 Å². The zero-order valence-electron chi connectivity index (χ0n) is 10.3. The van der Waals surface area contributed by atoms with Gasteiger partial charge in [-0.05, 0) is 23.6 Å². The number of carbonyl (C=O) groups is 1. The summed E-state index contributed by atoms with van der Waals surface area (Å²) in [7, 11) is 0. The van der Waals surface area contributed by atoms with Crippen molar-refractivity contribution < 1.29 is 4.79 Å². The first-order valence-electron chi connectivity index (χ1n) is 5.81. The fraction of sp³-hybridized carbons (Fsp3) is 0.0625. The molecule has 2 nitrogen and oxygen atoms in total. The Labute approximate surface area is 107 Å². The molecule has 0 aliphatic carbocycles. The molecule has 0 atom stereocenters. The fourth-order valence-corrected chi connectivity index (χ4v) is 1.93. The van der Waals surface area contributed by atoms with Crippen LogP contribution in [0, 0.1) is 0 Å². The predicted octanol–water partition coefficient (Wildman–Crippen LogP) is 2.99. The molecule has 0 heterocycles. The van der Waals surface area contributed by atoms with Gasteiger partial charge in [0.05, 0.1) is 0 Å². The highest BCUT2D eigenvalue weighted by molar-refractivity contribution is 6.03. The zero-order valence-corrected chi connectivity index (χ0v) is 10.3. The summed E-state index contributed by atoms with van der Waals surface area (Å²) in [5, 5.41) is 0. The largest absolute Gasteiger partial charge is 0.366 e. The second-order valence-corrected chi connectivity index (χ2v) is 4.10. The smallest absolute Gasteiger partial charge is 0.244 e. The second kappa shape index (κ2) is 5.32. The minimum absolute atomic E-state index is 0.391. The highest BCUT2D eigenvalue weighted by Gasteiger charge is 2.11. The van der Waals surface area contributed by atoms with Crippen molar-refractivity contribution in [1.82, 2.24) is 0 Å². The number of carbonyl (C=O) groups excluding carboxylic acids is 1. The van der Waals surface area contributed by atoms with Crippen molar-refractivity contribution in [2.24, 2.45) is 5.73 Å². The van der Waals surface area contributed by atoms with Crippen LogP contribution in [0.15, 0.2) is 66.2 Å². The lowest BCUT2D eigenvalue weighted by atomic mass is 9.93. The van der Waals surface area contributed by atoms with Gasteiger partial charge in [0.2, 0.25) is 5.91 Å². The summed E-state index contributed by atoms with van der Waals surface area (Å²) in [6.07, 6.45) is 0. The molecule has 1 amide bonds. The van der Waals surface area contributed by atoms with Gasteiger partial charge in [-0.3, -0.25) is 4.79 Å². The quantitative estimate of drug-likeness (QED) is 0.819. The number of amides is 1. The van der Waals surface area contributed by atoms with Crippen LogP contribution in [0.25, 0.3) is 5.57 Å². The molecule has 18 heavy (non-hydrogen) atoms. The van der Waals surface area contributed by atoms with Gasteiger partial charge in [-0.25, -0.2) is 0 Å². The van der Waals surface area contributed by atoms with E-state index in [0.717, 1.165) is 16.7 Å². The summed E-state index contributed by atoms with van der Waals surface area (Å²) in [5.74, 6) is -0.391. The molecule has 0 radical (unpaired) electrons. The highest BCUT2D eigenvalue weighted by atomic mass is 16.1. The van der Waals surface area contributed by atoms with Crippen LogP contribution < -0.4 is 5.73 Å². The van der Waals surface area contributed by atoms with Gasteiger partial charge >= 0.3 is 0 Å². The summed E-state index contributed by atoms with van der Waals surface area (Å²) < 4.78 is 0. The lowest BCUT2D eigenvalue weighted by Gasteiger charge is -2.11. The molecule has 0 bridgehead atoms. The topological polar surface area (TPSA) is 43.1 Å². The van der Waals surface area contributed by atoms with Crippen LogP contribution in [0.1, 0.15) is 18.1 Å². The minimum atomic E-state index is -0.391. The number of benzene rings is 2. The molecule has 2 heteroatoms. The Morgan fingerprint density at radius 2 is 1.22 bits per heavy atom. The van der Waals surface area contributed by atoms with E-state index in [0.29, 0.717) is 5.57 Å². The van der Waals surface area contributed by atoms with Crippen LogP contribution in [0.5, 0.6) is 0 Å². The van der Waals surface area contributed by atoms with Crippen molar-refractivity contribution in [3.63, 3.8) is 0 Å². The molecule has 2 aromatic carbocycles. The zero-order chi connectivity index (χ0) is 13.0. The number of primary amides is 1. The highest BCUT2D eigenvalue weighted by Crippen LogP contribution is 2.26. The molecule has 0 aliphatic heterocycles. The van der Waals surface area contributed by atoms with E-state index >= 15 is 0 Å². The maximum atomic E-state index is 11.5. The van der Waals surface area contributed by atoms with Crippen molar-refractivity contribution in [2.75, 3.05) is 0 Å². The van der Waals surface area contributed by atoms with Gasteiger partial charge in [-0.2, -0.15) is 0 Å². The molecule has 0 aliphatic rings. The normalized spacial score (nSPS) is 9.83. The molecular formula is C16H15NO. The van der Waals surface area contributed by atoms with Crippen molar-refractivity contribution >= 4 is 11.5 Å². The van der Waals surface area contributed by atoms with Gasteiger partial charge in [0.15, 0.2) is 0 Å².